The molecule has 17 heavy (non-hydrogen) atoms. The SMILES string of the molecule is CC(C)c1nsc(NCC(=O)NCC2CC2)n1. The van der Waals surface area contributed by atoms with Crippen LogP contribution in [0.1, 0.15) is 38.4 Å². The lowest BCUT2D eigenvalue weighted by Gasteiger charge is -2.04. The minimum absolute atomic E-state index is 0.0261. The van der Waals surface area contributed by atoms with Gasteiger partial charge >= 0.3 is 0 Å². The molecule has 1 aromatic heterocycles. The average molecular weight is 254 g/mol. The van der Waals surface area contributed by atoms with Crippen LogP contribution in [0.4, 0.5) is 5.13 Å². The first-order valence-corrected chi connectivity index (χ1v) is 6.76. The van der Waals surface area contributed by atoms with Crippen LogP contribution in [0.25, 0.3) is 0 Å². The fourth-order valence-corrected chi connectivity index (χ4v) is 2.04. The van der Waals surface area contributed by atoms with E-state index < -0.39 is 0 Å². The number of hydrogen-bond acceptors (Lipinski definition) is 5. The second kappa shape index (κ2) is 5.44. The van der Waals surface area contributed by atoms with E-state index in [4.69, 9.17) is 0 Å². The molecule has 1 aromatic rings. The highest BCUT2D eigenvalue weighted by Gasteiger charge is 2.21. The zero-order valence-electron chi connectivity index (χ0n) is 10.2. The minimum Gasteiger partial charge on any atom is -0.354 e. The second-order valence-corrected chi connectivity index (χ2v) is 5.47. The third-order valence-electron chi connectivity index (χ3n) is 2.64. The molecule has 1 fully saturated rings. The molecule has 0 bridgehead atoms. The Labute approximate surface area is 105 Å². The van der Waals surface area contributed by atoms with Crippen LogP contribution in [-0.2, 0) is 4.79 Å². The van der Waals surface area contributed by atoms with Crippen molar-refractivity contribution in [2.45, 2.75) is 32.6 Å². The zero-order valence-corrected chi connectivity index (χ0v) is 11.0. The Hall–Kier alpha value is -1.17. The van der Waals surface area contributed by atoms with Gasteiger partial charge in [0.15, 0.2) is 0 Å². The number of nitrogens with one attached hydrogen (secondary N) is 2. The monoisotopic (exact) mass is 254 g/mol. The lowest BCUT2D eigenvalue weighted by molar-refractivity contribution is -0.119. The van der Waals surface area contributed by atoms with Crippen molar-refractivity contribution in [1.29, 1.82) is 0 Å². The van der Waals surface area contributed by atoms with Gasteiger partial charge in [0.2, 0.25) is 11.0 Å². The van der Waals surface area contributed by atoms with Crippen molar-refractivity contribution >= 4 is 22.6 Å². The van der Waals surface area contributed by atoms with E-state index >= 15 is 0 Å². The highest BCUT2D eigenvalue weighted by atomic mass is 32.1. The Kier molecular flexibility index (Phi) is 3.93. The summed E-state index contributed by atoms with van der Waals surface area (Å²) in [5, 5.41) is 6.61. The fraction of sp³-hybridized carbons (Fsp3) is 0.727. The molecule has 0 unspecified atom stereocenters. The molecule has 1 aliphatic rings. The highest BCUT2D eigenvalue weighted by Crippen LogP contribution is 2.27. The Bertz CT molecular complexity index is 387. The third-order valence-corrected chi connectivity index (χ3v) is 3.33. The van der Waals surface area contributed by atoms with Gasteiger partial charge < -0.3 is 10.6 Å². The summed E-state index contributed by atoms with van der Waals surface area (Å²) in [5.41, 5.74) is 0. The van der Waals surface area contributed by atoms with E-state index in [0.717, 1.165) is 17.5 Å². The molecule has 94 valence electrons. The van der Waals surface area contributed by atoms with Crippen LogP contribution in [0.3, 0.4) is 0 Å². The van der Waals surface area contributed by atoms with Gasteiger partial charge in [0.05, 0.1) is 6.54 Å². The van der Waals surface area contributed by atoms with E-state index in [-0.39, 0.29) is 12.5 Å². The van der Waals surface area contributed by atoms with Crippen LogP contribution in [0.5, 0.6) is 0 Å². The second-order valence-electron chi connectivity index (χ2n) is 4.71. The van der Waals surface area contributed by atoms with Crippen LogP contribution in [-0.4, -0.2) is 28.4 Å². The minimum atomic E-state index is 0.0261. The molecule has 0 aliphatic heterocycles. The summed E-state index contributed by atoms with van der Waals surface area (Å²) in [6.07, 6.45) is 2.50. The normalized spacial score (nSPS) is 15.0. The molecule has 0 saturated heterocycles. The summed E-state index contributed by atoms with van der Waals surface area (Å²) in [5.74, 6) is 1.90. The maximum atomic E-state index is 11.5. The van der Waals surface area contributed by atoms with E-state index in [1.807, 2.05) is 13.8 Å². The first kappa shape index (κ1) is 12.3. The van der Waals surface area contributed by atoms with Gasteiger partial charge in [-0.3, -0.25) is 4.79 Å². The molecule has 2 N–H and O–H groups in total. The van der Waals surface area contributed by atoms with E-state index in [2.05, 4.69) is 20.0 Å². The zero-order chi connectivity index (χ0) is 12.3. The van der Waals surface area contributed by atoms with E-state index in [9.17, 15) is 4.79 Å². The number of aromatic nitrogens is 2. The molecule has 0 atom stereocenters. The number of hydrogen-bond donors (Lipinski definition) is 2. The summed E-state index contributed by atoms with van der Waals surface area (Å²) in [4.78, 5) is 15.8. The Balaban J connectivity index is 1.70. The number of rotatable bonds is 6. The van der Waals surface area contributed by atoms with Crippen LogP contribution >= 0.6 is 11.5 Å². The van der Waals surface area contributed by atoms with Gasteiger partial charge in [-0.05, 0) is 18.8 Å². The van der Waals surface area contributed by atoms with Gasteiger partial charge in [-0.15, -0.1) is 0 Å². The molecule has 1 heterocycles. The fourth-order valence-electron chi connectivity index (χ4n) is 1.34. The predicted molar refractivity (Wildman–Crippen MR) is 68.2 cm³/mol. The Morgan fingerprint density at radius 3 is 2.88 bits per heavy atom. The quantitative estimate of drug-likeness (QED) is 0.809. The molecule has 6 heteroatoms. The topological polar surface area (TPSA) is 66.9 Å². The molecule has 0 aromatic carbocycles. The van der Waals surface area contributed by atoms with E-state index in [0.29, 0.717) is 11.8 Å². The van der Waals surface area contributed by atoms with Gasteiger partial charge in [0, 0.05) is 24.0 Å². The van der Waals surface area contributed by atoms with Crippen molar-refractivity contribution in [3.05, 3.63) is 5.82 Å². The van der Waals surface area contributed by atoms with Crippen molar-refractivity contribution < 1.29 is 4.79 Å². The predicted octanol–water partition coefficient (Wildman–Crippen LogP) is 1.60. The van der Waals surface area contributed by atoms with Gasteiger partial charge in [0.25, 0.3) is 0 Å². The molecule has 0 radical (unpaired) electrons. The maximum absolute atomic E-state index is 11.5. The van der Waals surface area contributed by atoms with Crippen LogP contribution < -0.4 is 10.6 Å². The van der Waals surface area contributed by atoms with Crippen molar-refractivity contribution in [2.24, 2.45) is 5.92 Å². The van der Waals surface area contributed by atoms with Crippen LogP contribution in [0, 0.1) is 5.92 Å². The van der Waals surface area contributed by atoms with Crippen molar-refractivity contribution in [1.82, 2.24) is 14.7 Å². The molecule has 2 rings (SSSR count). The molecule has 0 spiro atoms. The number of carbonyl (C=O) groups is 1. The summed E-state index contributed by atoms with van der Waals surface area (Å²) in [7, 11) is 0. The number of anilines is 1. The van der Waals surface area contributed by atoms with Gasteiger partial charge in [-0.1, -0.05) is 13.8 Å². The summed E-state index contributed by atoms with van der Waals surface area (Å²) in [6.45, 7) is 5.19. The third kappa shape index (κ3) is 3.96. The summed E-state index contributed by atoms with van der Waals surface area (Å²) < 4.78 is 4.21. The van der Waals surface area contributed by atoms with E-state index in [1.165, 1.54) is 24.4 Å². The first-order valence-electron chi connectivity index (χ1n) is 5.99. The smallest absolute Gasteiger partial charge is 0.239 e. The molecule has 5 nitrogen and oxygen atoms in total. The molecular weight excluding hydrogens is 236 g/mol. The largest absolute Gasteiger partial charge is 0.354 e. The van der Waals surface area contributed by atoms with Crippen molar-refractivity contribution in [2.75, 3.05) is 18.4 Å². The van der Waals surface area contributed by atoms with Crippen molar-refractivity contribution in [3.8, 4) is 0 Å². The Morgan fingerprint density at radius 2 is 2.29 bits per heavy atom. The number of nitrogens with zero attached hydrogens (tertiary/aromatic N) is 2. The van der Waals surface area contributed by atoms with Crippen LogP contribution in [0.2, 0.25) is 0 Å². The standard InChI is InChI=1S/C11H18N4OS/c1-7(2)10-14-11(17-15-10)13-6-9(16)12-5-8-3-4-8/h7-8H,3-6H2,1-2H3,(H,12,16)(H,13,14,15). The van der Waals surface area contributed by atoms with Gasteiger partial charge in [-0.25, -0.2) is 4.98 Å². The van der Waals surface area contributed by atoms with Crippen LogP contribution in [0.15, 0.2) is 0 Å². The highest BCUT2D eigenvalue weighted by molar-refractivity contribution is 7.09. The first-order chi connectivity index (χ1) is 8.15. The molecule has 1 aliphatic carbocycles. The lowest BCUT2D eigenvalue weighted by atomic mass is 10.2. The number of carbonyl (C=O) groups excluding carboxylic acids is 1. The average Bonchev–Trinajstić information content (AvgIpc) is 3.00. The van der Waals surface area contributed by atoms with Gasteiger partial charge in [-0.2, -0.15) is 4.37 Å². The molecular formula is C11H18N4OS. The molecule has 1 amide bonds. The van der Waals surface area contributed by atoms with E-state index in [1.54, 1.807) is 0 Å². The number of amides is 1. The lowest BCUT2D eigenvalue weighted by Crippen LogP contribution is -2.31. The molecule has 1 saturated carbocycles. The summed E-state index contributed by atoms with van der Waals surface area (Å²) >= 11 is 1.30. The summed E-state index contributed by atoms with van der Waals surface area (Å²) in [6, 6.07) is 0. The van der Waals surface area contributed by atoms with Crippen molar-refractivity contribution in [3.63, 3.8) is 0 Å². The Morgan fingerprint density at radius 1 is 1.53 bits per heavy atom. The maximum Gasteiger partial charge on any atom is 0.239 e. The van der Waals surface area contributed by atoms with Gasteiger partial charge in [0.1, 0.15) is 5.82 Å².